The first-order valence-corrected chi connectivity index (χ1v) is 8.72. The van der Waals surface area contributed by atoms with Crippen LogP contribution in [0.25, 0.3) is 0 Å². The SMILES string of the molecule is C=CC(=O)OC(C)CCCCCCCCCCCBr. The predicted octanol–water partition coefficient (Wildman–Crippen LogP) is 5.40. The van der Waals surface area contributed by atoms with E-state index in [2.05, 4.69) is 22.5 Å². The molecule has 19 heavy (non-hydrogen) atoms. The van der Waals surface area contributed by atoms with Gasteiger partial charge in [0.25, 0.3) is 0 Å². The molecule has 0 saturated heterocycles. The van der Waals surface area contributed by atoms with Gasteiger partial charge in [-0.2, -0.15) is 0 Å². The van der Waals surface area contributed by atoms with Crippen molar-refractivity contribution in [3.63, 3.8) is 0 Å². The number of hydrogen-bond donors (Lipinski definition) is 0. The van der Waals surface area contributed by atoms with E-state index in [9.17, 15) is 4.79 Å². The lowest BCUT2D eigenvalue weighted by Gasteiger charge is -2.11. The van der Waals surface area contributed by atoms with Crippen LogP contribution in [0.15, 0.2) is 12.7 Å². The number of halogens is 1. The van der Waals surface area contributed by atoms with Crippen molar-refractivity contribution in [2.24, 2.45) is 0 Å². The summed E-state index contributed by atoms with van der Waals surface area (Å²) < 4.78 is 5.12. The fraction of sp³-hybridized carbons (Fsp3) is 0.812. The van der Waals surface area contributed by atoms with Crippen molar-refractivity contribution < 1.29 is 9.53 Å². The molecular formula is C16H29BrO2. The van der Waals surface area contributed by atoms with Crippen LogP contribution < -0.4 is 0 Å². The van der Waals surface area contributed by atoms with E-state index in [0.717, 1.165) is 18.2 Å². The zero-order valence-corrected chi connectivity index (χ0v) is 13.9. The Morgan fingerprint density at radius 1 is 1.05 bits per heavy atom. The van der Waals surface area contributed by atoms with Gasteiger partial charge in [0.2, 0.25) is 0 Å². The first-order valence-electron chi connectivity index (χ1n) is 7.59. The maximum Gasteiger partial charge on any atom is 0.330 e. The summed E-state index contributed by atoms with van der Waals surface area (Å²) in [5.74, 6) is -0.309. The van der Waals surface area contributed by atoms with Gasteiger partial charge in [-0.15, -0.1) is 0 Å². The van der Waals surface area contributed by atoms with Crippen LogP contribution >= 0.6 is 15.9 Å². The summed E-state index contributed by atoms with van der Waals surface area (Å²) in [6.07, 6.45) is 14.0. The summed E-state index contributed by atoms with van der Waals surface area (Å²) in [6, 6.07) is 0. The molecule has 0 aliphatic heterocycles. The van der Waals surface area contributed by atoms with Crippen LogP contribution in [0.4, 0.5) is 0 Å². The fourth-order valence-corrected chi connectivity index (χ4v) is 2.47. The highest BCUT2D eigenvalue weighted by Gasteiger charge is 2.05. The zero-order valence-electron chi connectivity index (χ0n) is 12.3. The molecule has 0 fully saturated rings. The summed E-state index contributed by atoms with van der Waals surface area (Å²) in [4.78, 5) is 11.0. The molecule has 0 radical (unpaired) electrons. The van der Waals surface area contributed by atoms with Crippen molar-refractivity contribution in [3.8, 4) is 0 Å². The highest BCUT2D eigenvalue weighted by Crippen LogP contribution is 2.12. The molecule has 112 valence electrons. The third kappa shape index (κ3) is 13.9. The van der Waals surface area contributed by atoms with E-state index in [1.54, 1.807) is 0 Å². The zero-order chi connectivity index (χ0) is 14.3. The average molecular weight is 333 g/mol. The molecule has 2 nitrogen and oxygen atoms in total. The summed E-state index contributed by atoms with van der Waals surface area (Å²) in [5.41, 5.74) is 0. The molecule has 0 aromatic carbocycles. The maximum absolute atomic E-state index is 11.0. The second kappa shape index (κ2) is 14.1. The van der Waals surface area contributed by atoms with E-state index < -0.39 is 0 Å². The lowest BCUT2D eigenvalue weighted by molar-refractivity contribution is -0.142. The van der Waals surface area contributed by atoms with Crippen LogP contribution in [0.2, 0.25) is 0 Å². The number of rotatable bonds is 13. The van der Waals surface area contributed by atoms with Crippen LogP contribution in [0, 0.1) is 0 Å². The van der Waals surface area contributed by atoms with Crippen LogP contribution in [0.1, 0.15) is 71.1 Å². The third-order valence-corrected chi connectivity index (χ3v) is 3.79. The van der Waals surface area contributed by atoms with E-state index in [4.69, 9.17) is 4.74 Å². The summed E-state index contributed by atoms with van der Waals surface area (Å²) in [6.45, 7) is 5.34. The minimum Gasteiger partial charge on any atom is -0.460 e. The molecule has 0 rings (SSSR count). The van der Waals surface area contributed by atoms with Gasteiger partial charge in [0.1, 0.15) is 0 Å². The van der Waals surface area contributed by atoms with E-state index in [1.807, 2.05) is 6.92 Å². The molecule has 0 bridgehead atoms. The summed E-state index contributed by atoms with van der Waals surface area (Å²) in [7, 11) is 0. The maximum atomic E-state index is 11.0. The van der Waals surface area contributed by atoms with Gasteiger partial charge in [-0.3, -0.25) is 0 Å². The first-order chi connectivity index (χ1) is 9.20. The minimum absolute atomic E-state index is 0.0229. The highest BCUT2D eigenvalue weighted by atomic mass is 79.9. The Bertz CT molecular complexity index is 229. The first kappa shape index (κ1) is 18.7. The molecule has 1 atom stereocenters. The van der Waals surface area contributed by atoms with Crippen molar-refractivity contribution in [2.75, 3.05) is 5.33 Å². The number of alkyl halides is 1. The van der Waals surface area contributed by atoms with Crippen LogP contribution in [0.3, 0.4) is 0 Å². The molecular weight excluding hydrogens is 304 g/mol. The van der Waals surface area contributed by atoms with Crippen LogP contribution in [-0.4, -0.2) is 17.4 Å². The molecule has 0 aromatic rings. The van der Waals surface area contributed by atoms with Gasteiger partial charge in [-0.25, -0.2) is 4.79 Å². The van der Waals surface area contributed by atoms with Gasteiger partial charge >= 0.3 is 5.97 Å². The van der Waals surface area contributed by atoms with Gasteiger partial charge in [0.05, 0.1) is 6.10 Å². The summed E-state index contributed by atoms with van der Waals surface area (Å²) >= 11 is 3.45. The molecule has 0 N–H and O–H groups in total. The number of carbonyl (C=O) groups excluding carboxylic acids is 1. The Morgan fingerprint density at radius 3 is 2.00 bits per heavy atom. The molecule has 0 amide bonds. The highest BCUT2D eigenvalue weighted by molar-refractivity contribution is 9.09. The number of carbonyl (C=O) groups is 1. The Hall–Kier alpha value is -0.310. The van der Waals surface area contributed by atoms with Gasteiger partial charge in [-0.05, 0) is 26.2 Å². The number of unbranched alkanes of at least 4 members (excludes halogenated alkanes) is 8. The fourth-order valence-electron chi connectivity index (χ4n) is 2.07. The standard InChI is InChI=1S/C16H29BrO2/c1-3-16(18)19-15(2)13-11-9-7-5-4-6-8-10-12-14-17/h3,15H,1,4-14H2,2H3. The Balaban J connectivity index is 3.18. The molecule has 0 saturated carbocycles. The number of ether oxygens (including phenoxy) is 1. The molecule has 0 heterocycles. The second-order valence-corrected chi connectivity index (χ2v) is 5.90. The lowest BCUT2D eigenvalue weighted by atomic mass is 10.1. The monoisotopic (exact) mass is 332 g/mol. The van der Waals surface area contributed by atoms with Crippen LogP contribution in [-0.2, 0) is 9.53 Å². The minimum atomic E-state index is -0.309. The van der Waals surface area contributed by atoms with E-state index >= 15 is 0 Å². The van der Waals surface area contributed by atoms with Crippen molar-refractivity contribution in [1.82, 2.24) is 0 Å². The van der Waals surface area contributed by atoms with Crippen molar-refractivity contribution in [1.29, 1.82) is 0 Å². The number of esters is 1. The Labute approximate surface area is 127 Å². The number of hydrogen-bond acceptors (Lipinski definition) is 2. The Kier molecular flexibility index (Phi) is 13.9. The van der Waals surface area contributed by atoms with E-state index in [1.165, 1.54) is 57.4 Å². The van der Waals surface area contributed by atoms with Gasteiger partial charge in [-0.1, -0.05) is 67.5 Å². The third-order valence-electron chi connectivity index (χ3n) is 3.23. The smallest absolute Gasteiger partial charge is 0.330 e. The second-order valence-electron chi connectivity index (χ2n) is 5.11. The van der Waals surface area contributed by atoms with E-state index in [0.29, 0.717) is 0 Å². The van der Waals surface area contributed by atoms with Crippen molar-refractivity contribution in [2.45, 2.75) is 77.2 Å². The van der Waals surface area contributed by atoms with Gasteiger partial charge < -0.3 is 4.74 Å². The van der Waals surface area contributed by atoms with Crippen LogP contribution in [0.5, 0.6) is 0 Å². The molecule has 0 aromatic heterocycles. The van der Waals surface area contributed by atoms with Crippen molar-refractivity contribution in [3.05, 3.63) is 12.7 Å². The molecule has 0 aliphatic carbocycles. The predicted molar refractivity (Wildman–Crippen MR) is 85.7 cm³/mol. The molecule has 0 spiro atoms. The topological polar surface area (TPSA) is 26.3 Å². The average Bonchev–Trinajstić information content (AvgIpc) is 2.40. The quantitative estimate of drug-likeness (QED) is 0.195. The molecule has 3 heteroatoms. The van der Waals surface area contributed by atoms with Gasteiger partial charge in [0, 0.05) is 11.4 Å². The van der Waals surface area contributed by atoms with Gasteiger partial charge in [0.15, 0.2) is 0 Å². The van der Waals surface area contributed by atoms with E-state index in [-0.39, 0.29) is 12.1 Å². The summed E-state index contributed by atoms with van der Waals surface area (Å²) in [5, 5.41) is 1.14. The lowest BCUT2D eigenvalue weighted by Crippen LogP contribution is -2.12. The normalized spacial score (nSPS) is 12.1. The Morgan fingerprint density at radius 2 is 1.53 bits per heavy atom. The van der Waals surface area contributed by atoms with Crippen molar-refractivity contribution >= 4 is 21.9 Å². The molecule has 1 unspecified atom stereocenters. The molecule has 0 aliphatic rings. The largest absolute Gasteiger partial charge is 0.460 e.